The highest BCUT2D eigenvalue weighted by molar-refractivity contribution is 9.09. The van der Waals surface area contributed by atoms with E-state index in [1.165, 1.54) is 11.1 Å². The SMILES string of the molecule is Cl.Clc1cccc(C2CCNCC2)c1Cl.O=C1Cc2cc(OCCCCBr)ccc2N1.O=C1Cc2ccc(OCCCCBr)cc2N1.O=C1Cc2ccc(OCCCCN3CCC(c4cccc(Cl)c4Cl)CC3)cc2N1. The molecule has 2 fully saturated rings. The molecule has 5 aromatic carbocycles. The maximum atomic E-state index is 11.4. The number of alkyl halides is 2. The van der Waals surface area contributed by atoms with E-state index in [9.17, 15) is 14.4 Å². The molecule has 0 radical (unpaired) electrons. The number of carbonyl (C=O) groups is 3. The van der Waals surface area contributed by atoms with Gasteiger partial charge < -0.3 is 40.4 Å². The summed E-state index contributed by atoms with van der Waals surface area (Å²) in [7, 11) is 0. The third-order valence-corrected chi connectivity index (χ3v) is 16.4. The maximum absolute atomic E-state index is 11.4. The van der Waals surface area contributed by atoms with Crippen molar-refractivity contribution in [2.45, 2.75) is 95.3 Å². The van der Waals surface area contributed by atoms with Crippen molar-refractivity contribution < 1.29 is 28.6 Å². The van der Waals surface area contributed by atoms with Gasteiger partial charge in [-0.25, -0.2) is 0 Å². The van der Waals surface area contributed by atoms with E-state index in [1.54, 1.807) is 0 Å². The largest absolute Gasteiger partial charge is 0.494 e. The summed E-state index contributed by atoms with van der Waals surface area (Å²) in [6.45, 7) is 7.59. The molecule has 10 rings (SSSR count). The Bertz CT molecular complexity index is 2610. The molecular formula is C58H68Br2Cl5N5O6. The zero-order chi connectivity index (χ0) is 52.9. The van der Waals surface area contributed by atoms with Crippen LogP contribution in [0, 0.1) is 0 Å². The molecule has 0 spiro atoms. The second-order valence-electron chi connectivity index (χ2n) is 19.1. The quantitative estimate of drug-likeness (QED) is 0.0504. The normalized spacial score (nSPS) is 15.6. The van der Waals surface area contributed by atoms with Gasteiger partial charge in [0.05, 0.1) is 59.2 Å². The van der Waals surface area contributed by atoms with Gasteiger partial charge in [0.1, 0.15) is 17.2 Å². The summed E-state index contributed by atoms with van der Waals surface area (Å²) in [6.07, 6.45) is 12.4. The van der Waals surface area contributed by atoms with Gasteiger partial charge in [-0.15, -0.1) is 12.4 Å². The average Bonchev–Trinajstić information content (AvgIpc) is 4.12. The van der Waals surface area contributed by atoms with E-state index < -0.39 is 0 Å². The number of nitrogens with one attached hydrogen (secondary N) is 4. The number of unbranched alkanes of at least 4 members (excludes halogenated alkanes) is 3. The summed E-state index contributed by atoms with van der Waals surface area (Å²) in [5.41, 5.74) is 8.22. The van der Waals surface area contributed by atoms with Crippen LogP contribution in [0.15, 0.2) is 91.0 Å². The van der Waals surface area contributed by atoms with Gasteiger partial charge in [0.25, 0.3) is 0 Å². The lowest BCUT2D eigenvalue weighted by Gasteiger charge is -2.32. The molecule has 0 saturated carbocycles. The molecule has 3 amide bonds. The number of hydrogen-bond acceptors (Lipinski definition) is 8. The molecule has 0 bridgehead atoms. The molecule has 5 heterocycles. The molecular weight excluding hydrogens is 1200 g/mol. The van der Waals surface area contributed by atoms with E-state index in [-0.39, 0.29) is 30.1 Å². The van der Waals surface area contributed by atoms with Crippen molar-refractivity contribution in [3.05, 3.63) is 139 Å². The number of carbonyl (C=O) groups excluding carboxylic acids is 3. The fourth-order valence-electron chi connectivity index (χ4n) is 9.53. The molecule has 5 aliphatic heterocycles. The molecule has 4 N–H and O–H groups in total. The highest BCUT2D eigenvalue weighted by Gasteiger charge is 2.24. The average molecular weight is 1270 g/mol. The number of likely N-dealkylation sites (tertiary alicyclic amines) is 1. The van der Waals surface area contributed by atoms with Gasteiger partial charge in [0.15, 0.2) is 0 Å². The van der Waals surface area contributed by atoms with Crippen molar-refractivity contribution >= 4 is 125 Å². The van der Waals surface area contributed by atoms with Crippen molar-refractivity contribution in [3.63, 3.8) is 0 Å². The van der Waals surface area contributed by atoms with Crippen LogP contribution in [-0.4, -0.2) is 85.8 Å². The summed E-state index contributed by atoms with van der Waals surface area (Å²) in [5, 5.41) is 16.6. The summed E-state index contributed by atoms with van der Waals surface area (Å²) in [4.78, 5) is 36.3. The Balaban J connectivity index is 0.000000172. The van der Waals surface area contributed by atoms with Crippen LogP contribution in [0.2, 0.25) is 20.1 Å². The number of nitrogens with zero attached hydrogens (tertiary/aromatic N) is 1. The first-order valence-electron chi connectivity index (χ1n) is 26.1. The third kappa shape index (κ3) is 19.0. The fraction of sp³-hybridized carbons (Fsp3) is 0.431. The zero-order valence-corrected chi connectivity index (χ0v) is 49.7. The van der Waals surface area contributed by atoms with Crippen LogP contribution in [0.5, 0.6) is 17.2 Å². The number of amides is 3. The number of piperidine rings is 2. The fourth-order valence-corrected chi connectivity index (χ4v) is 11.3. The van der Waals surface area contributed by atoms with Crippen LogP contribution in [-0.2, 0) is 33.6 Å². The number of anilines is 3. The topological polar surface area (TPSA) is 130 Å². The summed E-state index contributed by atoms with van der Waals surface area (Å²) >= 11 is 31.5. The summed E-state index contributed by atoms with van der Waals surface area (Å²) in [6, 6.07) is 29.2. The molecule has 76 heavy (non-hydrogen) atoms. The maximum Gasteiger partial charge on any atom is 0.228 e. The van der Waals surface area contributed by atoms with E-state index in [2.05, 4.69) is 70.2 Å². The predicted molar refractivity (Wildman–Crippen MR) is 322 cm³/mol. The van der Waals surface area contributed by atoms with Crippen molar-refractivity contribution in [3.8, 4) is 17.2 Å². The second-order valence-corrected chi connectivity index (χ2v) is 22.3. The van der Waals surface area contributed by atoms with E-state index in [0.717, 1.165) is 182 Å². The van der Waals surface area contributed by atoms with Crippen molar-refractivity contribution in [1.82, 2.24) is 10.2 Å². The van der Waals surface area contributed by atoms with Crippen LogP contribution in [0.25, 0.3) is 0 Å². The second kappa shape index (κ2) is 32.3. The van der Waals surface area contributed by atoms with Crippen LogP contribution in [0.4, 0.5) is 17.1 Å². The summed E-state index contributed by atoms with van der Waals surface area (Å²) < 4.78 is 17.1. The monoisotopic (exact) mass is 1260 g/mol. The third-order valence-electron chi connectivity index (χ3n) is 13.6. The van der Waals surface area contributed by atoms with Crippen molar-refractivity contribution in [2.75, 3.05) is 79.2 Å². The number of halogens is 7. The van der Waals surface area contributed by atoms with E-state index in [1.807, 2.05) is 78.9 Å². The Labute approximate surface area is 491 Å². The van der Waals surface area contributed by atoms with Crippen LogP contribution in [0.1, 0.15) is 104 Å². The molecule has 0 atom stereocenters. The standard InChI is InChI=1S/C23H26Cl2N2O2.2C12H14BrNO2.C11H13Cl2N.ClH/c24-20-5-3-4-19(23(20)25)16-8-11-27(12-9-16)10-1-2-13-29-18-7-6-17-14-22(28)26-21(17)15-18;13-5-1-2-6-16-10-3-4-11-9(7-10)8-12(15)14-11;13-5-1-2-6-16-10-4-3-9-7-12(15)14-11(9)8-10;12-10-3-1-2-9(11(10)13)8-4-6-14-7-5-8;/h3-7,15-16H,1-2,8-14H2,(H,26,28);3-4,7H,1-2,5-6,8H2,(H,14,15);3-4,8H,1-2,5-7H2,(H,14,15);1-3,8,14H,4-7H2;1H. The van der Waals surface area contributed by atoms with Crippen LogP contribution < -0.4 is 35.5 Å². The molecule has 410 valence electrons. The van der Waals surface area contributed by atoms with Gasteiger partial charge >= 0.3 is 0 Å². The lowest BCUT2D eigenvalue weighted by atomic mass is 9.89. The number of rotatable bonds is 18. The molecule has 5 aliphatic rings. The Kier molecular flexibility index (Phi) is 26.2. The summed E-state index contributed by atoms with van der Waals surface area (Å²) in [5.74, 6) is 3.76. The Morgan fingerprint density at radius 2 is 0.934 bits per heavy atom. The van der Waals surface area contributed by atoms with E-state index in [4.69, 9.17) is 60.6 Å². The highest BCUT2D eigenvalue weighted by Crippen LogP contribution is 2.38. The number of hydrogen-bond donors (Lipinski definition) is 4. The highest BCUT2D eigenvalue weighted by atomic mass is 79.9. The Hall–Kier alpha value is -3.76. The molecule has 0 aliphatic carbocycles. The van der Waals surface area contributed by atoms with E-state index in [0.29, 0.717) is 47.8 Å². The molecule has 0 aromatic heterocycles. The predicted octanol–water partition coefficient (Wildman–Crippen LogP) is 14.9. The molecule has 0 unspecified atom stereocenters. The number of ether oxygens (including phenoxy) is 3. The number of fused-ring (bicyclic) bond motifs is 3. The molecule has 5 aromatic rings. The Morgan fingerprint density at radius 3 is 1.43 bits per heavy atom. The van der Waals surface area contributed by atoms with Gasteiger partial charge in [0.2, 0.25) is 17.7 Å². The van der Waals surface area contributed by atoms with Gasteiger partial charge in [0, 0.05) is 39.9 Å². The smallest absolute Gasteiger partial charge is 0.228 e. The first kappa shape index (κ1) is 61.5. The lowest BCUT2D eigenvalue weighted by molar-refractivity contribution is -0.115. The van der Waals surface area contributed by atoms with Gasteiger partial charge in [-0.1, -0.05) is 115 Å². The minimum Gasteiger partial charge on any atom is -0.494 e. The molecule has 11 nitrogen and oxygen atoms in total. The number of benzene rings is 5. The minimum atomic E-state index is 0. The van der Waals surface area contributed by atoms with E-state index >= 15 is 0 Å². The first-order chi connectivity index (χ1) is 36.5. The minimum absolute atomic E-state index is 0. The molecule has 2 saturated heterocycles. The van der Waals surface area contributed by atoms with Gasteiger partial charge in [-0.05, 0) is 179 Å². The lowest BCUT2D eigenvalue weighted by Crippen LogP contribution is -2.33. The molecule has 18 heteroatoms. The van der Waals surface area contributed by atoms with Gasteiger partial charge in [-0.2, -0.15) is 0 Å². The zero-order valence-electron chi connectivity index (χ0n) is 42.7. The van der Waals surface area contributed by atoms with Crippen LogP contribution >= 0.6 is 90.7 Å². The Morgan fingerprint density at radius 1 is 0.500 bits per heavy atom. The van der Waals surface area contributed by atoms with Gasteiger partial charge in [-0.3, -0.25) is 14.4 Å². The van der Waals surface area contributed by atoms with Crippen LogP contribution in [0.3, 0.4) is 0 Å². The van der Waals surface area contributed by atoms with Crippen molar-refractivity contribution in [2.24, 2.45) is 0 Å². The first-order valence-corrected chi connectivity index (χ1v) is 29.8. The van der Waals surface area contributed by atoms with Crippen molar-refractivity contribution in [1.29, 1.82) is 0 Å².